The lowest BCUT2D eigenvalue weighted by atomic mass is 10.0. The van der Waals surface area contributed by atoms with E-state index in [2.05, 4.69) is 9.97 Å². The van der Waals surface area contributed by atoms with E-state index in [-0.39, 0.29) is 11.5 Å². The van der Waals surface area contributed by atoms with Gasteiger partial charge in [0, 0.05) is 0 Å². The summed E-state index contributed by atoms with van der Waals surface area (Å²) in [4.78, 5) is 7.77. The number of rotatable bonds is 2. The van der Waals surface area contributed by atoms with Gasteiger partial charge in [-0.05, 0) is 47.5 Å². The second-order valence-electron chi connectivity index (χ2n) is 5.38. The first kappa shape index (κ1) is 13.4. The molecule has 4 nitrogen and oxygen atoms in total. The highest BCUT2D eigenvalue weighted by molar-refractivity contribution is 5.82. The molecular formula is C19H14N2O2. The van der Waals surface area contributed by atoms with Crippen LogP contribution in [-0.2, 0) is 0 Å². The van der Waals surface area contributed by atoms with E-state index in [1.54, 1.807) is 18.2 Å². The van der Waals surface area contributed by atoms with E-state index in [9.17, 15) is 10.2 Å². The summed E-state index contributed by atoms with van der Waals surface area (Å²) in [5, 5.41) is 19.6. The van der Waals surface area contributed by atoms with Gasteiger partial charge in [0.1, 0.15) is 17.3 Å². The second-order valence-corrected chi connectivity index (χ2v) is 5.38. The standard InChI is InChI=1S/C19H14N2O2/c22-14-8-5-12(6-9-14)13-7-10-18(23)15(11-13)19-20-16-3-1-2-4-17(16)21-19/h1-11,22-23H,(H,20,21). The number of phenolic OH excluding ortho intramolecular Hbond substituents is 2. The van der Waals surface area contributed by atoms with Gasteiger partial charge >= 0.3 is 0 Å². The average Bonchev–Trinajstić information content (AvgIpc) is 3.00. The van der Waals surface area contributed by atoms with Gasteiger partial charge in [-0.25, -0.2) is 4.98 Å². The molecule has 4 heteroatoms. The Morgan fingerprint density at radius 3 is 2.30 bits per heavy atom. The highest BCUT2D eigenvalue weighted by Crippen LogP contribution is 2.33. The minimum absolute atomic E-state index is 0.173. The zero-order valence-corrected chi connectivity index (χ0v) is 12.2. The number of phenols is 2. The number of para-hydroxylation sites is 2. The molecule has 4 rings (SSSR count). The van der Waals surface area contributed by atoms with Crippen LogP contribution in [0.2, 0.25) is 0 Å². The molecule has 1 heterocycles. The van der Waals surface area contributed by atoms with Crippen LogP contribution >= 0.6 is 0 Å². The van der Waals surface area contributed by atoms with Crippen molar-refractivity contribution in [1.29, 1.82) is 0 Å². The number of benzene rings is 3. The number of aromatic amines is 1. The Morgan fingerprint density at radius 1 is 0.783 bits per heavy atom. The maximum atomic E-state index is 10.2. The first-order valence-electron chi connectivity index (χ1n) is 7.28. The van der Waals surface area contributed by atoms with Crippen molar-refractivity contribution < 1.29 is 10.2 Å². The lowest BCUT2D eigenvalue weighted by Gasteiger charge is -2.06. The van der Waals surface area contributed by atoms with Crippen LogP contribution in [0.5, 0.6) is 11.5 Å². The molecule has 4 aromatic rings. The van der Waals surface area contributed by atoms with Gasteiger partial charge in [-0.1, -0.05) is 30.3 Å². The van der Waals surface area contributed by atoms with Crippen LogP contribution in [0.3, 0.4) is 0 Å². The first-order chi connectivity index (χ1) is 11.2. The highest BCUT2D eigenvalue weighted by atomic mass is 16.3. The number of nitrogens with zero attached hydrogens (tertiary/aromatic N) is 1. The molecule has 0 aliphatic rings. The Hall–Kier alpha value is -3.27. The predicted molar refractivity (Wildman–Crippen MR) is 90.3 cm³/mol. The minimum atomic E-state index is 0.173. The molecule has 0 fully saturated rings. The fourth-order valence-corrected chi connectivity index (χ4v) is 2.64. The number of aromatic nitrogens is 2. The summed E-state index contributed by atoms with van der Waals surface area (Å²) in [6, 6.07) is 20.1. The molecular weight excluding hydrogens is 288 g/mol. The number of hydrogen-bond donors (Lipinski definition) is 3. The van der Waals surface area contributed by atoms with Gasteiger partial charge in [0.15, 0.2) is 0 Å². The molecule has 0 aliphatic heterocycles. The largest absolute Gasteiger partial charge is 0.508 e. The maximum Gasteiger partial charge on any atom is 0.142 e. The lowest BCUT2D eigenvalue weighted by molar-refractivity contribution is 0.475. The van der Waals surface area contributed by atoms with Crippen LogP contribution < -0.4 is 0 Å². The summed E-state index contributed by atoms with van der Waals surface area (Å²) in [6.07, 6.45) is 0. The third-order valence-corrected chi connectivity index (χ3v) is 3.84. The van der Waals surface area contributed by atoms with Gasteiger partial charge in [-0.15, -0.1) is 0 Å². The van der Waals surface area contributed by atoms with Gasteiger partial charge < -0.3 is 15.2 Å². The van der Waals surface area contributed by atoms with Crippen molar-refractivity contribution in [2.45, 2.75) is 0 Å². The van der Waals surface area contributed by atoms with Crippen LogP contribution in [-0.4, -0.2) is 20.2 Å². The van der Waals surface area contributed by atoms with E-state index in [4.69, 9.17) is 0 Å². The van der Waals surface area contributed by atoms with E-state index in [1.165, 1.54) is 0 Å². The number of H-pyrrole nitrogens is 1. The van der Waals surface area contributed by atoms with E-state index in [0.29, 0.717) is 11.4 Å². The molecule has 0 radical (unpaired) electrons. The fourth-order valence-electron chi connectivity index (χ4n) is 2.64. The number of nitrogens with one attached hydrogen (secondary N) is 1. The second kappa shape index (κ2) is 5.18. The zero-order chi connectivity index (χ0) is 15.8. The maximum absolute atomic E-state index is 10.2. The predicted octanol–water partition coefficient (Wildman–Crippen LogP) is 4.31. The van der Waals surface area contributed by atoms with Gasteiger partial charge in [0.25, 0.3) is 0 Å². The Bertz CT molecular complexity index is 955. The lowest BCUT2D eigenvalue weighted by Crippen LogP contribution is -1.84. The topological polar surface area (TPSA) is 69.1 Å². The van der Waals surface area contributed by atoms with Gasteiger partial charge in [0.05, 0.1) is 16.6 Å². The molecule has 0 saturated carbocycles. The Morgan fingerprint density at radius 2 is 1.52 bits per heavy atom. The Labute approximate surface area is 132 Å². The summed E-state index contributed by atoms with van der Waals surface area (Å²) in [5.41, 5.74) is 4.33. The molecule has 0 spiro atoms. The van der Waals surface area contributed by atoms with E-state index in [1.807, 2.05) is 48.5 Å². The first-order valence-corrected chi connectivity index (χ1v) is 7.28. The monoisotopic (exact) mass is 302 g/mol. The third-order valence-electron chi connectivity index (χ3n) is 3.84. The van der Waals surface area contributed by atoms with Crippen LogP contribution in [0.1, 0.15) is 0 Å². The number of hydrogen-bond acceptors (Lipinski definition) is 3. The molecule has 112 valence electrons. The van der Waals surface area contributed by atoms with E-state index < -0.39 is 0 Å². The molecule has 3 aromatic carbocycles. The number of aromatic hydroxyl groups is 2. The van der Waals surface area contributed by atoms with Crippen LogP contribution in [0.4, 0.5) is 0 Å². The van der Waals surface area contributed by atoms with Gasteiger partial charge in [0.2, 0.25) is 0 Å². The van der Waals surface area contributed by atoms with E-state index in [0.717, 1.165) is 22.2 Å². The van der Waals surface area contributed by atoms with Crippen LogP contribution in [0.25, 0.3) is 33.5 Å². The van der Waals surface area contributed by atoms with Crippen LogP contribution in [0.15, 0.2) is 66.7 Å². The normalized spacial score (nSPS) is 11.0. The van der Waals surface area contributed by atoms with Crippen molar-refractivity contribution >= 4 is 11.0 Å². The summed E-state index contributed by atoms with van der Waals surface area (Å²) >= 11 is 0. The molecule has 23 heavy (non-hydrogen) atoms. The van der Waals surface area contributed by atoms with Crippen molar-refractivity contribution in [3.05, 3.63) is 66.7 Å². The third kappa shape index (κ3) is 2.40. The summed E-state index contributed by atoms with van der Waals surface area (Å²) in [5.74, 6) is 1.03. The molecule has 0 saturated heterocycles. The van der Waals surface area contributed by atoms with Crippen molar-refractivity contribution in [3.8, 4) is 34.0 Å². The molecule has 0 aliphatic carbocycles. The quantitative estimate of drug-likeness (QED) is 0.517. The summed E-state index contributed by atoms with van der Waals surface area (Å²) in [6.45, 7) is 0. The SMILES string of the molecule is Oc1ccc(-c2ccc(O)c(-c3nc4ccccc4[nH]3)c2)cc1. The molecule has 0 atom stereocenters. The number of fused-ring (bicyclic) bond motifs is 1. The fraction of sp³-hybridized carbons (Fsp3) is 0. The van der Waals surface area contributed by atoms with Crippen molar-refractivity contribution in [2.24, 2.45) is 0 Å². The average molecular weight is 302 g/mol. The Balaban J connectivity index is 1.84. The molecule has 0 amide bonds. The van der Waals surface area contributed by atoms with Crippen molar-refractivity contribution in [2.75, 3.05) is 0 Å². The highest BCUT2D eigenvalue weighted by Gasteiger charge is 2.11. The zero-order valence-electron chi connectivity index (χ0n) is 12.2. The van der Waals surface area contributed by atoms with E-state index >= 15 is 0 Å². The summed E-state index contributed by atoms with van der Waals surface area (Å²) < 4.78 is 0. The van der Waals surface area contributed by atoms with Crippen LogP contribution in [0, 0.1) is 0 Å². The Kier molecular flexibility index (Phi) is 3.01. The van der Waals surface area contributed by atoms with Crippen molar-refractivity contribution in [1.82, 2.24) is 9.97 Å². The van der Waals surface area contributed by atoms with Crippen molar-refractivity contribution in [3.63, 3.8) is 0 Å². The molecule has 3 N–H and O–H groups in total. The minimum Gasteiger partial charge on any atom is -0.508 e. The summed E-state index contributed by atoms with van der Waals surface area (Å²) in [7, 11) is 0. The van der Waals surface area contributed by atoms with Gasteiger partial charge in [-0.2, -0.15) is 0 Å². The number of imidazole rings is 1. The molecule has 0 unspecified atom stereocenters. The smallest absolute Gasteiger partial charge is 0.142 e. The van der Waals surface area contributed by atoms with Gasteiger partial charge in [-0.3, -0.25) is 0 Å². The molecule has 1 aromatic heterocycles. The molecule has 0 bridgehead atoms.